The summed E-state index contributed by atoms with van der Waals surface area (Å²) in [6, 6.07) is 11.4. The molecule has 1 saturated heterocycles. The minimum absolute atomic E-state index is 0.00890. The lowest BCUT2D eigenvalue weighted by molar-refractivity contribution is -0.134. The molecule has 0 atom stereocenters. The third kappa shape index (κ3) is 4.41. The minimum atomic E-state index is -0.529. The van der Waals surface area contributed by atoms with Crippen molar-refractivity contribution in [1.82, 2.24) is 4.90 Å². The van der Waals surface area contributed by atoms with Gasteiger partial charge in [-0.1, -0.05) is 35.9 Å². The fraction of sp³-hybridized carbons (Fsp3) is 0.423. The molecule has 0 bridgehead atoms. The number of Topliss-reactive ketones (excluding diaryl/α,β-unsaturated/α-hetero) is 2. The Labute approximate surface area is 183 Å². The molecular formula is C26H29NO4. The van der Waals surface area contributed by atoms with E-state index in [1.54, 1.807) is 4.90 Å². The number of carbonyl (C=O) groups is 3. The van der Waals surface area contributed by atoms with E-state index in [1.165, 1.54) is 0 Å². The Kier molecular flexibility index (Phi) is 5.69. The van der Waals surface area contributed by atoms with E-state index < -0.39 is 5.60 Å². The third-order valence-electron chi connectivity index (χ3n) is 6.50. The summed E-state index contributed by atoms with van der Waals surface area (Å²) >= 11 is 0. The number of amides is 1. The molecule has 1 fully saturated rings. The van der Waals surface area contributed by atoms with Crippen LogP contribution in [0.4, 0.5) is 0 Å². The van der Waals surface area contributed by atoms with Crippen LogP contribution in [0.15, 0.2) is 36.4 Å². The van der Waals surface area contributed by atoms with Crippen molar-refractivity contribution in [3.05, 3.63) is 64.2 Å². The molecule has 4 rings (SSSR count). The van der Waals surface area contributed by atoms with Gasteiger partial charge in [-0.15, -0.1) is 0 Å². The molecule has 0 aromatic heterocycles. The summed E-state index contributed by atoms with van der Waals surface area (Å²) in [6.45, 7) is 7.02. The Morgan fingerprint density at radius 3 is 2.32 bits per heavy atom. The molecule has 0 radical (unpaired) electrons. The average molecular weight is 420 g/mol. The number of hydrogen-bond acceptors (Lipinski definition) is 4. The molecule has 1 amide bonds. The second kappa shape index (κ2) is 8.29. The molecule has 2 aliphatic rings. The van der Waals surface area contributed by atoms with Crippen molar-refractivity contribution in [2.75, 3.05) is 13.1 Å². The number of benzene rings is 2. The number of carbonyl (C=O) groups excluding carboxylic acids is 3. The number of nitrogens with zero attached hydrogens (tertiary/aromatic N) is 1. The van der Waals surface area contributed by atoms with E-state index in [1.807, 2.05) is 57.2 Å². The van der Waals surface area contributed by atoms with Gasteiger partial charge in [0.05, 0.1) is 12.0 Å². The van der Waals surface area contributed by atoms with Crippen LogP contribution in [0.25, 0.3) is 0 Å². The standard InChI is InChI=1S/C26H29NO4/c1-17-4-6-20(7-5-17)21(28)8-9-24(30)27-12-10-26(11-13-27)16-22(29)25-19(3)14-18(2)15-23(25)31-26/h4-7,14-15H,8-13,16H2,1-3H3. The number of fused-ring (bicyclic) bond motifs is 1. The molecular weight excluding hydrogens is 390 g/mol. The van der Waals surface area contributed by atoms with Crippen LogP contribution < -0.4 is 4.74 Å². The highest BCUT2D eigenvalue weighted by molar-refractivity contribution is 6.02. The van der Waals surface area contributed by atoms with Gasteiger partial charge in [-0.3, -0.25) is 14.4 Å². The topological polar surface area (TPSA) is 63.7 Å². The van der Waals surface area contributed by atoms with Crippen LogP contribution in [0.5, 0.6) is 5.75 Å². The Hall–Kier alpha value is -2.95. The van der Waals surface area contributed by atoms with Gasteiger partial charge in [-0.2, -0.15) is 0 Å². The summed E-state index contributed by atoms with van der Waals surface area (Å²) in [5.41, 5.74) is 3.95. The summed E-state index contributed by atoms with van der Waals surface area (Å²) in [5.74, 6) is 0.786. The van der Waals surface area contributed by atoms with Crippen molar-refractivity contribution in [3.63, 3.8) is 0 Å². The number of rotatable bonds is 4. The van der Waals surface area contributed by atoms with E-state index in [-0.39, 0.29) is 30.3 Å². The zero-order valence-electron chi connectivity index (χ0n) is 18.5. The molecule has 2 aromatic rings. The minimum Gasteiger partial charge on any atom is -0.486 e. The molecule has 0 N–H and O–H groups in total. The molecule has 5 nitrogen and oxygen atoms in total. The van der Waals surface area contributed by atoms with E-state index in [0.29, 0.717) is 49.2 Å². The van der Waals surface area contributed by atoms with Gasteiger partial charge in [-0.25, -0.2) is 0 Å². The molecule has 0 unspecified atom stereocenters. The summed E-state index contributed by atoms with van der Waals surface area (Å²) in [5, 5.41) is 0. The van der Waals surface area contributed by atoms with E-state index in [9.17, 15) is 14.4 Å². The Bertz CT molecular complexity index is 1030. The first-order valence-electron chi connectivity index (χ1n) is 11.0. The Morgan fingerprint density at radius 2 is 1.65 bits per heavy atom. The van der Waals surface area contributed by atoms with Crippen LogP contribution in [-0.2, 0) is 4.79 Å². The summed E-state index contributed by atoms with van der Waals surface area (Å²) in [7, 11) is 0. The molecule has 0 aliphatic carbocycles. The number of hydrogen-bond donors (Lipinski definition) is 0. The molecule has 31 heavy (non-hydrogen) atoms. The first-order chi connectivity index (χ1) is 14.8. The van der Waals surface area contributed by atoms with Gasteiger partial charge in [0.15, 0.2) is 11.6 Å². The lowest BCUT2D eigenvalue weighted by Gasteiger charge is -2.44. The highest BCUT2D eigenvalue weighted by atomic mass is 16.5. The van der Waals surface area contributed by atoms with Crippen LogP contribution in [0.2, 0.25) is 0 Å². The Balaban J connectivity index is 1.35. The number of piperidine rings is 1. The Morgan fingerprint density at radius 1 is 0.968 bits per heavy atom. The normalized spacial score (nSPS) is 17.3. The maximum Gasteiger partial charge on any atom is 0.223 e. The molecule has 162 valence electrons. The lowest BCUT2D eigenvalue weighted by atomic mass is 9.81. The highest BCUT2D eigenvalue weighted by Crippen LogP contribution is 2.41. The van der Waals surface area contributed by atoms with Crippen LogP contribution in [0.3, 0.4) is 0 Å². The van der Waals surface area contributed by atoms with Gasteiger partial charge in [0.25, 0.3) is 0 Å². The molecule has 2 aromatic carbocycles. The second-order valence-electron chi connectivity index (χ2n) is 9.01. The second-order valence-corrected chi connectivity index (χ2v) is 9.01. The van der Waals surface area contributed by atoms with Crippen LogP contribution in [-0.4, -0.2) is 41.1 Å². The van der Waals surface area contributed by atoms with Crippen molar-refractivity contribution in [1.29, 1.82) is 0 Å². The number of ether oxygens (including phenoxy) is 1. The van der Waals surface area contributed by atoms with Crippen molar-refractivity contribution in [2.24, 2.45) is 0 Å². The van der Waals surface area contributed by atoms with Crippen molar-refractivity contribution >= 4 is 17.5 Å². The largest absolute Gasteiger partial charge is 0.486 e. The zero-order valence-corrected chi connectivity index (χ0v) is 18.5. The zero-order chi connectivity index (χ0) is 22.2. The third-order valence-corrected chi connectivity index (χ3v) is 6.50. The maximum atomic E-state index is 12.8. The quantitative estimate of drug-likeness (QED) is 0.680. The average Bonchev–Trinajstić information content (AvgIpc) is 2.72. The monoisotopic (exact) mass is 419 g/mol. The smallest absolute Gasteiger partial charge is 0.223 e. The van der Waals surface area contributed by atoms with Gasteiger partial charge in [0.1, 0.15) is 11.4 Å². The van der Waals surface area contributed by atoms with Crippen LogP contribution in [0.1, 0.15) is 69.5 Å². The van der Waals surface area contributed by atoms with Crippen LogP contribution >= 0.6 is 0 Å². The first kappa shape index (κ1) is 21.3. The van der Waals surface area contributed by atoms with Crippen molar-refractivity contribution in [3.8, 4) is 5.75 Å². The van der Waals surface area contributed by atoms with Crippen LogP contribution in [0, 0.1) is 20.8 Å². The predicted molar refractivity (Wildman–Crippen MR) is 119 cm³/mol. The number of likely N-dealkylation sites (tertiary alicyclic amines) is 1. The van der Waals surface area contributed by atoms with Gasteiger partial charge >= 0.3 is 0 Å². The molecule has 2 aliphatic heterocycles. The lowest BCUT2D eigenvalue weighted by Crippen LogP contribution is -2.52. The molecule has 5 heteroatoms. The fourth-order valence-corrected chi connectivity index (χ4v) is 4.72. The van der Waals surface area contributed by atoms with E-state index in [2.05, 4.69) is 0 Å². The van der Waals surface area contributed by atoms with Gasteiger partial charge in [-0.05, 0) is 38.0 Å². The van der Waals surface area contributed by atoms with Crippen molar-refractivity contribution < 1.29 is 19.1 Å². The SMILES string of the molecule is Cc1ccc(C(=O)CCC(=O)N2CCC3(CC2)CC(=O)c2c(C)cc(C)cc2O3)cc1. The van der Waals surface area contributed by atoms with E-state index in [0.717, 1.165) is 16.7 Å². The number of aryl methyl sites for hydroxylation is 3. The summed E-state index contributed by atoms with van der Waals surface area (Å²) in [4.78, 5) is 39.7. The first-order valence-corrected chi connectivity index (χ1v) is 11.0. The summed E-state index contributed by atoms with van der Waals surface area (Å²) in [6.07, 6.45) is 2.04. The van der Waals surface area contributed by atoms with Gasteiger partial charge in [0, 0.05) is 44.3 Å². The van der Waals surface area contributed by atoms with E-state index in [4.69, 9.17) is 4.74 Å². The fourth-order valence-electron chi connectivity index (χ4n) is 4.72. The van der Waals surface area contributed by atoms with E-state index >= 15 is 0 Å². The van der Waals surface area contributed by atoms with Gasteiger partial charge in [0.2, 0.25) is 5.91 Å². The molecule has 2 heterocycles. The highest BCUT2D eigenvalue weighted by Gasteiger charge is 2.44. The summed E-state index contributed by atoms with van der Waals surface area (Å²) < 4.78 is 6.37. The maximum absolute atomic E-state index is 12.8. The van der Waals surface area contributed by atoms with Crippen molar-refractivity contribution in [2.45, 2.75) is 58.5 Å². The molecule has 1 spiro atoms. The number of ketones is 2. The predicted octanol–water partition coefficient (Wildman–Crippen LogP) is 4.60. The molecule has 0 saturated carbocycles. The van der Waals surface area contributed by atoms with Gasteiger partial charge < -0.3 is 9.64 Å².